The normalized spacial score (nSPS) is 12.3. The maximum Gasteiger partial charge on any atom is 0.517 e. The molecule has 0 aromatic heterocycles. The molecule has 0 amide bonds. The fraction of sp³-hybridized carbons (Fsp3) is 0.667. The lowest BCUT2D eigenvalue weighted by molar-refractivity contribution is -0.137. The second-order valence-corrected chi connectivity index (χ2v) is 6.78. The Morgan fingerprint density at radius 1 is 0.952 bits per heavy atom. The number of hydrogen-bond acceptors (Lipinski definition) is 8. The van der Waals surface area contributed by atoms with Crippen LogP contribution in [0.25, 0.3) is 0 Å². The topological polar surface area (TPSA) is 106 Å². The minimum absolute atomic E-state index is 0.137. The van der Waals surface area contributed by atoms with Gasteiger partial charge >= 0.3 is 20.7 Å². The molecule has 0 rings (SSSR count). The lowest BCUT2D eigenvalue weighted by Gasteiger charge is -2.28. The van der Waals surface area contributed by atoms with Crippen LogP contribution < -0.4 is 5.73 Å². The fourth-order valence-corrected chi connectivity index (χ4v) is 3.13. The third-order valence-corrected chi connectivity index (χ3v) is 5.53. The molecule has 1 unspecified atom stereocenters. The van der Waals surface area contributed by atoms with Crippen molar-refractivity contribution < 1.29 is 32.3 Å². The van der Waals surface area contributed by atoms with Crippen molar-refractivity contribution >= 4 is 20.7 Å². The lowest BCUT2D eigenvalue weighted by Crippen LogP contribution is -2.58. The molecule has 8 nitrogen and oxygen atoms in total. The van der Waals surface area contributed by atoms with Gasteiger partial charge in [-0.05, 0) is 6.42 Å². The van der Waals surface area contributed by atoms with Crippen molar-refractivity contribution in [1.29, 1.82) is 0 Å². The van der Waals surface area contributed by atoms with E-state index in [2.05, 4.69) is 9.47 Å². The average Bonchev–Trinajstić information content (AvgIpc) is 2.54. The predicted molar refractivity (Wildman–Crippen MR) is 78.2 cm³/mol. The van der Waals surface area contributed by atoms with Crippen LogP contribution >= 0.6 is 0 Å². The van der Waals surface area contributed by atoms with Crippen LogP contribution in [0.4, 0.5) is 0 Å². The van der Waals surface area contributed by atoms with E-state index in [-0.39, 0.29) is 5.67 Å². The zero-order valence-electron chi connectivity index (χ0n) is 13.4. The molecule has 0 aliphatic rings. The Balaban J connectivity index is 0. The molecule has 0 saturated carbocycles. The van der Waals surface area contributed by atoms with E-state index >= 15 is 0 Å². The van der Waals surface area contributed by atoms with Crippen molar-refractivity contribution in [3.8, 4) is 0 Å². The smallest absolute Gasteiger partial charge is 0.466 e. The number of esters is 2. The van der Waals surface area contributed by atoms with Gasteiger partial charge in [0.1, 0.15) is 0 Å². The molecule has 2 N–H and O–H groups in total. The summed E-state index contributed by atoms with van der Waals surface area (Å²) in [5.74, 6) is -1.16. The molecule has 0 aromatic rings. The standard InChI is InChI=1S/C6H17NO3Si.C6H8O4/c1-5-6(7)11(8-2,9-3)10-4;1-9-5(7)3-4-6(8)10-2/h6H,5,7H2,1-4H3;3-4H,1-2H3. The van der Waals surface area contributed by atoms with Crippen LogP contribution in [0.15, 0.2) is 12.2 Å². The number of rotatable bonds is 7. The van der Waals surface area contributed by atoms with Gasteiger partial charge in [-0.2, -0.15) is 0 Å². The Kier molecular flexibility index (Phi) is 13.1. The van der Waals surface area contributed by atoms with Crippen molar-refractivity contribution in [1.82, 2.24) is 0 Å². The second kappa shape index (κ2) is 12.5. The van der Waals surface area contributed by atoms with Crippen LogP contribution in [0.2, 0.25) is 0 Å². The number of ether oxygens (including phenoxy) is 2. The van der Waals surface area contributed by atoms with Crippen LogP contribution in [0.5, 0.6) is 0 Å². The van der Waals surface area contributed by atoms with Crippen LogP contribution in [-0.4, -0.2) is 62.0 Å². The van der Waals surface area contributed by atoms with Crippen LogP contribution in [0.1, 0.15) is 13.3 Å². The van der Waals surface area contributed by atoms with E-state index in [1.54, 1.807) is 21.3 Å². The number of methoxy groups -OCH3 is 2. The minimum atomic E-state index is -2.54. The SMILES string of the molecule is CCC(N)[Si](OC)(OC)OC.COC(=O)C=CC(=O)OC. The summed E-state index contributed by atoms with van der Waals surface area (Å²) >= 11 is 0. The summed E-state index contributed by atoms with van der Waals surface area (Å²) in [7, 11) is 4.60. The Labute approximate surface area is 126 Å². The molecule has 0 aliphatic carbocycles. The van der Waals surface area contributed by atoms with Crippen LogP contribution in [0.3, 0.4) is 0 Å². The molecule has 0 radical (unpaired) electrons. The van der Waals surface area contributed by atoms with Crippen molar-refractivity contribution in [2.75, 3.05) is 35.5 Å². The summed E-state index contributed by atoms with van der Waals surface area (Å²) in [5.41, 5.74) is 5.63. The van der Waals surface area contributed by atoms with Gasteiger partial charge in [0.05, 0.1) is 19.9 Å². The molecule has 9 heteroatoms. The first-order valence-electron chi connectivity index (χ1n) is 6.12. The largest absolute Gasteiger partial charge is 0.517 e. The highest BCUT2D eigenvalue weighted by Crippen LogP contribution is 2.11. The number of carbonyl (C=O) groups is 2. The highest BCUT2D eigenvalue weighted by Gasteiger charge is 2.44. The summed E-state index contributed by atoms with van der Waals surface area (Å²) < 4.78 is 23.9. The van der Waals surface area contributed by atoms with Gasteiger partial charge in [0.2, 0.25) is 0 Å². The molecule has 0 heterocycles. The first kappa shape index (κ1) is 22.0. The molecule has 0 spiro atoms. The van der Waals surface area contributed by atoms with Gasteiger partial charge < -0.3 is 28.5 Å². The van der Waals surface area contributed by atoms with Gasteiger partial charge in [0.25, 0.3) is 0 Å². The molecular formula is C12H25NO7Si. The Hall–Kier alpha value is -1.26. The minimum Gasteiger partial charge on any atom is -0.466 e. The molecule has 124 valence electrons. The molecule has 0 saturated heterocycles. The van der Waals surface area contributed by atoms with E-state index in [0.29, 0.717) is 0 Å². The van der Waals surface area contributed by atoms with E-state index in [1.165, 1.54) is 14.2 Å². The zero-order chi connectivity index (χ0) is 16.9. The van der Waals surface area contributed by atoms with Crippen molar-refractivity contribution in [3.05, 3.63) is 12.2 Å². The van der Waals surface area contributed by atoms with E-state index < -0.39 is 20.7 Å². The second-order valence-electron chi connectivity index (χ2n) is 3.61. The monoisotopic (exact) mass is 323 g/mol. The highest BCUT2D eigenvalue weighted by atomic mass is 28.4. The summed E-state index contributed by atoms with van der Waals surface area (Å²) in [5, 5.41) is 0. The van der Waals surface area contributed by atoms with Gasteiger partial charge in [0, 0.05) is 33.5 Å². The van der Waals surface area contributed by atoms with Crippen molar-refractivity contribution in [2.45, 2.75) is 19.0 Å². The molecule has 0 aliphatic heterocycles. The van der Waals surface area contributed by atoms with Gasteiger partial charge in [-0.3, -0.25) is 0 Å². The lowest BCUT2D eigenvalue weighted by atomic mass is 10.5. The van der Waals surface area contributed by atoms with Crippen LogP contribution in [-0.2, 0) is 32.3 Å². The Morgan fingerprint density at radius 2 is 1.29 bits per heavy atom. The maximum atomic E-state index is 10.3. The summed E-state index contributed by atoms with van der Waals surface area (Å²) in [6.45, 7) is 1.98. The zero-order valence-corrected chi connectivity index (χ0v) is 14.4. The van der Waals surface area contributed by atoms with Gasteiger partial charge in [-0.25, -0.2) is 9.59 Å². The number of nitrogens with two attached hydrogens (primary N) is 1. The Bertz CT molecular complexity index is 305. The molecule has 0 aromatic carbocycles. The average molecular weight is 323 g/mol. The van der Waals surface area contributed by atoms with Crippen LogP contribution in [0, 0.1) is 0 Å². The third-order valence-electron chi connectivity index (χ3n) is 2.51. The highest BCUT2D eigenvalue weighted by molar-refractivity contribution is 6.62. The summed E-state index contributed by atoms with van der Waals surface area (Å²) in [6, 6.07) is 0. The predicted octanol–water partition coefficient (Wildman–Crippen LogP) is 0.0296. The summed E-state index contributed by atoms with van der Waals surface area (Å²) in [4.78, 5) is 20.6. The summed E-state index contributed by atoms with van der Waals surface area (Å²) in [6.07, 6.45) is 2.78. The van der Waals surface area contributed by atoms with E-state index in [1.807, 2.05) is 6.92 Å². The van der Waals surface area contributed by atoms with Gasteiger partial charge in [-0.15, -0.1) is 0 Å². The fourth-order valence-electron chi connectivity index (χ4n) is 1.23. The van der Waals surface area contributed by atoms with Crippen molar-refractivity contribution in [3.63, 3.8) is 0 Å². The van der Waals surface area contributed by atoms with Gasteiger partial charge in [-0.1, -0.05) is 6.92 Å². The molecule has 0 fully saturated rings. The van der Waals surface area contributed by atoms with E-state index in [4.69, 9.17) is 19.0 Å². The Morgan fingerprint density at radius 3 is 1.43 bits per heavy atom. The number of carbonyl (C=O) groups excluding carboxylic acids is 2. The quantitative estimate of drug-likeness (QED) is 0.397. The van der Waals surface area contributed by atoms with Crippen molar-refractivity contribution in [2.24, 2.45) is 5.73 Å². The number of hydrogen-bond donors (Lipinski definition) is 1. The molecule has 0 bridgehead atoms. The first-order chi connectivity index (χ1) is 9.87. The first-order valence-corrected chi connectivity index (χ1v) is 7.92. The van der Waals surface area contributed by atoms with E-state index in [0.717, 1.165) is 18.6 Å². The van der Waals surface area contributed by atoms with Gasteiger partial charge in [0.15, 0.2) is 0 Å². The molecule has 21 heavy (non-hydrogen) atoms. The van der Waals surface area contributed by atoms with E-state index in [9.17, 15) is 9.59 Å². The molecular weight excluding hydrogens is 298 g/mol. The third kappa shape index (κ3) is 8.58. The maximum absolute atomic E-state index is 10.3. The molecule has 1 atom stereocenters.